The maximum absolute atomic E-state index is 13.8. The molecule has 2 N–H and O–H groups in total. The summed E-state index contributed by atoms with van der Waals surface area (Å²) in [5, 5.41) is 7.29. The molecule has 0 aliphatic rings. The van der Waals surface area contributed by atoms with Crippen molar-refractivity contribution in [2.45, 2.75) is 0 Å². The number of carbonyl (C=O) groups excluding carboxylic acids is 1. The van der Waals surface area contributed by atoms with Crippen LogP contribution in [0, 0.1) is 5.82 Å². The van der Waals surface area contributed by atoms with E-state index in [4.69, 9.17) is 0 Å². The summed E-state index contributed by atoms with van der Waals surface area (Å²) in [6.07, 6.45) is 5.09. The number of anilines is 5. The molecule has 0 unspecified atom stereocenters. The van der Waals surface area contributed by atoms with Gasteiger partial charge in [0.15, 0.2) is 0 Å². The van der Waals surface area contributed by atoms with Crippen molar-refractivity contribution in [3.8, 4) is 0 Å². The molecule has 5 rings (SSSR count). The van der Waals surface area contributed by atoms with Crippen molar-refractivity contribution in [2.24, 2.45) is 0 Å². The fraction of sp³-hybridized carbons (Fsp3) is 0.0357. The highest BCUT2D eigenvalue weighted by atomic mass is 19.1. The number of rotatable bonds is 6. The van der Waals surface area contributed by atoms with Gasteiger partial charge in [0.25, 0.3) is 5.91 Å². The number of hydrogen-bond acceptors (Lipinski definition) is 5. The van der Waals surface area contributed by atoms with E-state index >= 15 is 0 Å². The number of amides is 1. The molecular formula is C28H22FN5O. The van der Waals surface area contributed by atoms with Crippen LogP contribution in [0.2, 0.25) is 0 Å². The van der Waals surface area contributed by atoms with Gasteiger partial charge in [0, 0.05) is 65.0 Å². The maximum atomic E-state index is 13.8. The molecule has 6 nitrogen and oxygen atoms in total. The monoisotopic (exact) mass is 463 g/mol. The summed E-state index contributed by atoms with van der Waals surface area (Å²) < 4.78 is 13.8. The van der Waals surface area contributed by atoms with Crippen LogP contribution in [0.5, 0.6) is 0 Å². The van der Waals surface area contributed by atoms with Gasteiger partial charge in [-0.3, -0.25) is 14.8 Å². The SMILES string of the molecule is CN(C(=O)c1cccc(Nc2ccncc2)c1)c1cccc(Nc2ccnc3ccc(F)cc23)c1. The van der Waals surface area contributed by atoms with Crippen molar-refractivity contribution in [3.05, 3.63) is 115 Å². The van der Waals surface area contributed by atoms with Gasteiger partial charge < -0.3 is 15.5 Å². The first-order chi connectivity index (χ1) is 17.1. The molecule has 2 heterocycles. The van der Waals surface area contributed by atoms with Crippen LogP contribution in [-0.4, -0.2) is 22.9 Å². The molecule has 0 fully saturated rings. The van der Waals surface area contributed by atoms with E-state index in [2.05, 4.69) is 20.6 Å². The highest BCUT2D eigenvalue weighted by Crippen LogP contribution is 2.28. The Hall–Kier alpha value is -4.78. The van der Waals surface area contributed by atoms with Crippen LogP contribution in [0.3, 0.4) is 0 Å². The molecule has 2 aromatic heterocycles. The quantitative estimate of drug-likeness (QED) is 0.299. The second-order valence-electron chi connectivity index (χ2n) is 8.00. The zero-order chi connectivity index (χ0) is 24.2. The molecule has 0 radical (unpaired) electrons. The normalized spacial score (nSPS) is 10.7. The minimum absolute atomic E-state index is 0.142. The van der Waals surface area contributed by atoms with E-state index < -0.39 is 0 Å². The Bertz CT molecular complexity index is 1510. The van der Waals surface area contributed by atoms with Crippen LogP contribution in [-0.2, 0) is 0 Å². The Morgan fingerprint density at radius 1 is 0.800 bits per heavy atom. The summed E-state index contributed by atoms with van der Waals surface area (Å²) in [5.41, 5.74) is 5.17. The van der Waals surface area contributed by atoms with Gasteiger partial charge in [0.1, 0.15) is 5.82 Å². The molecule has 5 aromatic rings. The molecule has 35 heavy (non-hydrogen) atoms. The molecule has 0 atom stereocenters. The molecule has 3 aromatic carbocycles. The molecule has 1 amide bonds. The zero-order valence-electron chi connectivity index (χ0n) is 18.9. The standard InChI is InChI=1S/C28H22FN5O/c1-34(28(35)19-4-2-5-22(16-19)32-21-10-13-30-14-11-21)24-7-3-6-23(18-24)33-27-12-15-31-26-9-8-20(29)17-25(26)27/h2-18H,1H3,(H,30,32)(H,31,33). The number of pyridine rings is 2. The number of halogens is 1. The number of nitrogens with one attached hydrogen (secondary N) is 2. The van der Waals surface area contributed by atoms with E-state index in [1.165, 1.54) is 12.1 Å². The summed E-state index contributed by atoms with van der Waals surface area (Å²) in [7, 11) is 1.74. The van der Waals surface area contributed by atoms with Crippen molar-refractivity contribution < 1.29 is 9.18 Å². The van der Waals surface area contributed by atoms with E-state index in [1.54, 1.807) is 48.7 Å². The van der Waals surface area contributed by atoms with Crippen LogP contribution in [0.4, 0.5) is 32.8 Å². The number of nitrogens with zero attached hydrogens (tertiary/aromatic N) is 3. The largest absolute Gasteiger partial charge is 0.355 e. The van der Waals surface area contributed by atoms with E-state index in [-0.39, 0.29) is 11.7 Å². The molecular weight excluding hydrogens is 441 g/mol. The number of benzene rings is 3. The van der Waals surface area contributed by atoms with Gasteiger partial charge in [-0.05, 0) is 72.8 Å². The predicted molar refractivity (Wildman–Crippen MR) is 138 cm³/mol. The van der Waals surface area contributed by atoms with Crippen LogP contribution >= 0.6 is 0 Å². The minimum Gasteiger partial charge on any atom is -0.355 e. The summed E-state index contributed by atoms with van der Waals surface area (Å²) in [6, 6.07) is 24.9. The van der Waals surface area contributed by atoms with Gasteiger partial charge in [-0.2, -0.15) is 0 Å². The first-order valence-corrected chi connectivity index (χ1v) is 11.0. The maximum Gasteiger partial charge on any atom is 0.258 e. The van der Waals surface area contributed by atoms with Crippen LogP contribution in [0.15, 0.2) is 104 Å². The minimum atomic E-state index is -0.326. The second kappa shape index (κ2) is 9.61. The molecule has 0 aliphatic heterocycles. The lowest BCUT2D eigenvalue weighted by Gasteiger charge is -2.19. The molecule has 7 heteroatoms. The summed E-state index contributed by atoms with van der Waals surface area (Å²) >= 11 is 0. The third kappa shape index (κ3) is 4.94. The summed E-state index contributed by atoms with van der Waals surface area (Å²) in [6.45, 7) is 0. The lowest BCUT2D eigenvalue weighted by Crippen LogP contribution is -2.26. The number of carbonyl (C=O) groups is 1. The lowest BCUT2D eigenvalue weighted by atomic mass is 10.1. The van der Waals surface area contributed by atoms with Crippen molar-refractivity contribution in [1.82, 2.24) is 9.97 Å². The van der Waals surface area contributed by atoms with Crippen LogP contribution in [0.1, 0.15) is 10.4 Å². The first kappa shape index (κ1) is 22.0. The highest BCUT2D eigenvalue weighted by Gasteiger charge is 2.15. The number of fused-ring (bicyclic) bond motifs is 1. The van der Waals surface area contributed by atoms with Crippen molar-refractivity contribution in [2.75, 3.05) is 22.6 Å². The smallest absolute Gasteiger partial charge is 0.258 e. The summed E-state index contributed by atoms with van der Waals surface area (Å²) in [4.78, 5) is 23.2. The van der Waals surface area contributed by atoms with E-state index in [9.17, 15) is 9.18 Å². The first-order valence-electron chi connectivity index (χ1n) is 11.0. The van der Waals surface area contributed by atoms with Gasteiger partial charge in [0.05, 0.1) is 5.52 Å². The third-order valence-corrected chi connectivity index (χ3v) is 5.60. The fourth-order valence-corrected chi connectivity index (χ4v) is 3.82. The molecule has 0 saturated heterocycles. The predicted octanol–water partition coefficient (Wildman–Crippen LogP) is 6.53. The van der Waals surface area contributed by atoms with Gasteiger partial charge in [-0.1, -0.05) is 12.1 Å². The molecule has 0 saturated carbocycles. The van der Waals surface area contributed by atoms with Crippen molar-refractivity contribution in [3.63, 3.8) is 0 Å². The average molecular weight is 464 g/mol. The van der Waals surface area contributed by atoms with E-state index in [1.807, 2.05) is 54.6 Å². The van der Waals surface area contributed by atoms with Gasteiger partial charge in [0.2, 0.25) is 0 Å². The Kier molecular flexibility index (Phi) is 6.05. The second-order valence-corrected chi connectivity index (χ2v) is 8.00. The average Bonchev–Trinajstić information content (AvgIpc) is 2.89. The highest BCUT2D eigenvalue weighted by molar-refractivity contribution is 6.06. The fourth-order valence-electron chi connectivity index (χ4n) is 3.82. The number of hydrogen-bond donors (Lipinski definition) is 2. The topological polar surface area (TPSA) is 70.2 Å². The van der Waals surface area contributed by atoms with Gasteiger partial charge in [-0.25, -0.2) is 4.39 Å². The Morgan fingerprint density at radius 2 is 1.57 bits per heavy atom. The van der Waals surface area contributed by atoms with E-state index in [0.717, 1.165) is 28.4 Å². The van der Waals surface area contributed by atoms with Gasteiger partial charge >= 0.3 is 0 Å². The van der Waals surface area contributed by atoms with Gasteiger partial charge in [-0.15, -0.1) is 0 Å². The third-order valence-electron chi connectivity index (χ3n) is 5.60. The Balaban J connectivity index is 1.37. The molecule has 0 aliphatic carbocycles. The molecule has 172 valence electrons. The zero-order valence-corrected chi connectivity index (χ0v) is 18.9. The summed E-state index contributed by atoms with van der Waals surface area (Å²) in [5.74, 6) is -0.467. The molecule has 0 bridgehead atoms. The van der Waals surface area contributed by atoms with Crippen molar-refractivity contribution in [1.29, 1.82) is 0 Å². The van der Waals surface area contributed by atoms with Crippen LogP contribution < -0.4 is 15.5 Å². The molecule has 0 spiro atoms. The lowest BCUT2D eigenvalue weighted by molar-refractivity contribution is 0.0993. The van der Waals surface area contributed by atoms with Crippen molar-refractivity contribution >= 4 is 45.2 Å². The van der Waals surface area contributed by atoms with Crippen LogP contribution in [0.25, 0.3) is 10.9 Å². The van der Waals surface area contributed by atoms with E-state index in [0.29, 0.717) is 16.5 Å². The Labute approximate surface area is 202 Å². The Morgan fingerprint density at radius 3 is 2.40 bits per heavy atom. The number of aromatic nitrogens is 2.